The predicted octanol–water partition coefficient (Wildman–Crippen LogP) is 4.54. The lowest BCUT2D eigenvalue weighted by Crippen LogP contribution is -2.15. The van der Waals surface area contributed by atoms with Crippen molar-refractivity contribution in [3.63, 3.8) is 0 Å². The van der Waals surface area contributed by atoms with E-state index in [1.165, 1.54) is 44.1 Å². The van der Waals surface area contributed by atoms with Crippen molar-refractivity contribution in [3.05, 3.63) is 29.8 Å². The SMILES string of the molecule is CCCOc1cccc(CNCCCC2CCCC2)c1. The maximum Gasteiger partial charge on any atom is 0.119 e. The number of rotatable bonds is 9. The second-order valence-electron chi connectivity index (χ2n) is 5.97. The molecule has 1 aromatic rings. The molecule has 0 atom stereocenters. The molecule has 1 aliphatic carbocycles. The van der Waals surface area contributed by atoms with Crippen molar-refractivity contribution in [3.8, 4) is 5.75 Å². The maximum atomic E-state index is 5.66. The van der Waals surface area contributed by atoms with Crippen LogP contribution in [-0.4, -0.2) is 13.2 Å². The summed E-state index contributed by atoms with van der Waals surface area (Å²) in [6, 6.07) is 8.45. The van der Waals surface area contributed by atoms with Crippen LogP contribution in [0.2, 0.25) is 0 Å². The van der Waals surface area contributed by atoms with E-state index in [-0.39, 0.29) is 0 Å². The van der Waals surface area contributed by atoms with Gasteiger partial charge in [0.25, 0.3) is 0 Å². The van der Waals surface area contributed by atoms with Crippen LogP contribution in [0.5, 0.6) is 5.75 Å². The van der Waals surface area contributed by atoms with Gasteiger partial charge in [-0.15, -0.1) is 0 Å². The first kappa shape index (κ1) is 15.4. The third-order valence-corrected chi connectivity index (χ3v) is 4.14. The Kier molecular flexibility index (Phi) is 6.93. The summed E-state index contributed by atoms with van der Waals surface area (Å²) in [4.78, 5) is 0. The molecule has 20 heavy (non-hydrogen) atoms. The van der Waals surface area contributed by atoms with E-state index < -0.39 is 0 Å². The first-order valence-electron chi connectivity index (χ1n) is 8.31. The Labute approximate surface area is 123 Å². The molecule has 0 saturated heterocycles. The van der Waals surface area contributed by atoms with Crippen LogP contribution in [0.3, 0.4) is 0 Å². The molecule has 112 valence electrons. The Balaban J connectivity index is 1.60. The third kappa shape index (κ3) is 5.54. The molecule has 0 unspecified atom stereocenters. The average molecular weight is 275 g/mol. The Morgan fingerprint density at radius 2 is 2.10 bits per heavy atom. The number of nitrogens with one attached hydrogen (secondary N) is 1. The molecule has 1 aromatic carbocycles. The van der Waals surface area contributed by atoms with Gasteiger partial charge in [-0.3, -0.25) is 0 Å². The highest BCUT2D eigenvalue weighted by Crippen LogP contribution is 2.28. The van der Waals surface area contributed by atoms with E-state index in [1.54, 1.807) is 0 Å². The lowest BCUT2D eigenvalue weighted by atomic mass is 10.0. The minimum atomic E-state index is 0.804. The molecule has 0 spiro atoms. The summed E-state index contributed by atoms with van der Waals surface area (Å²) in [6.45, 7) is 5.03. The van der Waals surface area contributed by atoms with Gasteiger partial charge in [-0.1, -0.05) is 44.7 Å². The van der Waals surface area contributed by atoms with Crippen LogP contribution in [0.1, 0.15) is 57.4 Å². The van der Waals surface area contributed by atoms with Crippen LogP contribution in [0.25, 0.3) is 0 Å². The van der Waals surface area contributed by atoms with Crippen LogP contribution >= 0.6 is 0 Å². The minimum Gasteiger partial charge on any atom is -0.494 e. The summed E-state index contributed by atoms with van der Waals surface area (Å²) < 4.78 is 5.66. The second kappa shape index (κ2) is 9.02. The molecule has 2 nitrogen and oxygen atoms in total. The van der Waals surface area contributed by atoms with Gasteiger partial charge in [0.05, 0.1) is 6.61 Å². The van der Waals surface area contributed by atoms with Gasteiger partial charge in [0.2, 0.25) is 0 Å². The fourth-order valence-electron chi connectivity index (χ4n) is 3.01. The second-order valence-corrected chi connectivity index (χ2v) is 5.97. The van der Waals surface area contributed by atoms with Crippen molar-refractivity contribution in [1.29, 1.82) is 0 Å². The van der Waals surface area contributed by atoms with Crippen LogP contribution in [0.15, 0.2) is 24.3 Å². The van der Waals surface area contributed by atoms with E-state index >= 15 is 0 Å². The zero-order valence-corrected chi connectivity index (χ0v) is 12.9. The number of ether oxygens (including phenoxy) is 1. The largest absolute Gasteiger partial charge is 0.494 e. The van der Waals surface area contributed by atoms with E-state index in [0.29, 0.717) is 0 Å². The lowest BCUT2D eigenvalue weighted by Gasteiger charge is -2.10. The molecule has 2 rings (SSSR count). The topological polar surface area (TPSA) is 21.3 Å². The number of hydrogen-bond donors (Lipinski definition) is 1. The Morgan fingerprint density at radius 1 is 1.25 bits per heavy atom. The van der Waals surface area contributed by atoms with Crippen molar-refractivity contribution in [2.75, 3.05) is 13.2 Å². The fraction of sp³-hybridized carbons (Fsp3) is 0.667. The first-order chi connectivity index (χ1) is 9.88. The lowest BCUT2D eigenvalue weighted by molar-refractivity contribution is 0.317. The van der Waals surface area contributed by atoms with Gasteiger partial charge in [0.15, 0.2) is 0 Å². The summed E-state index contributed by atoms with van der Waals surface area (Å²) in [5.74, 6) is 2.01. The zero-order chi connectivity index (χ0) is 14.0. The predicted molar refractivity (Wildman–Crippen MR) is 85.1 cm³/mol. The van der Waals surface area contributed by atoms with Crippen LogP contribution in [-0.2, 0) is 6.54 Å². The Morgan fingerprint density at radius 3 is 2.90 bits per heavy atom. The number of benzene rings is 1. The van der Waals surface area contributed by atoms with E-state index in [0.717, 1.165) is 37.8 Å². The standard InChI is InChI=1S/C18H29NO/c1-2-13-20-18-11-5-9-17(14-18)15-19-12-6-10-16-7-3-4-8-16/h5,9,11,14,16,19H,2-4,6-8,10,12-13,15H2,1H3. The Hall–Kier alpha value is -1.02. The summed E-state index contributed by atoms with van der Waals surface area (Å²) >= 11 is 0. The smallest absolute Gasteiger partial charge is 0.119 e. The average Bonchev–Trinajstić information content (AvgIpc) is 2.98. The van der Waals surface area contributed by atoms with Gasteiger partial charge < -0.3 is 10.1 Å². The van der Waals surface area contributed by atoms with E-state index in [9.17, 15) is 0 Å². The monoisotopic (exact) mass is 275 g/mol. The molecule has 0 bridgehead atoms. The van der Waals surface area contributed by atoms with Gasteiger partial charge >= 0.3 is 0 Å². The van der Waals surface area contributed by atoms with Crippen LogP contribution in [0.4, 0.5) is 0 Å². The number of hydrogen-bond acceptors (Lipinski definition) is 2. The van der Waals surface area contributed by atoms with Crippen molar-refractivity contribution in [2.45, 2.75) is 58.4 Å². The Bertz CT molecular complexity index is 371. The molecule has 1 saturated carbocycles. The fourth-order valence-corrected chi connectivity index (χ4v) is 3.01. The molecular weight excluding hydrogens is 246 g/mol. The van der Waals surface area contributed by atoms with Crippen LogP contribution in [0, 0.1) is 5.92 Å². The highest BCUT2D eigenvalue weighted by Gasteiger charge is 2.13. The highest BCUT2D eigenvalue weighted by atomic mass is 16.5. The van der Waals surface area contributed by atoms with Crippen molar-refractivity contribution in [1.82, 2.24) is 5.32 Å². The van der Waals surface area contributed by atoms with Gasteiger partial charge in [0.1, 0.15) is 5.75 Å². The van der Waals surface area contributed by atoms with E-state index in [2.05, 4.69) is 30.4 Å². The quantitative estimate of drug-likeness (QED) is 0.668. The normalized spacial score (nSPS) is 15.7. The van der Waals surface area contributed by atoms with Crippen molar-refractivity contribution >= 4 is 0 Å². The van der Waals surface area contributed by atoms with Crippen molar-refractivity contribution in [2.24, 2.45) is 5.92 Å². The third-order valence-electron chi connectivity index (χ3n) is 4.14. The summed E-state index contributed by atoms with van der Waals surface area (Å²) in [5, 5.41) is 3.55. The molecule has 0 aromatic heterocycles. The van der Waals surface area contributed by atoms with E-state index in [4.69, 9.17) is 4.74 Å². The molecule has 1 fully saturated rings. The summed E-state index contributed by atoms with van der Waals surface area (Å²) in [7, 11) is 0. The minimum absolute atomic E-state index is 0.804. The van der Waals surface area contributed by atoms with Gasteiger partial charge in [-0.25, -0.2) is 0 Å². The van der Waals surface area contributed by atoms with Gasteiger partial charge in [-0.05, 0) is 49.4 Å². The first-order valence-corrected chi connectivity index (χ1v) is 8.31. The van der Waals surface area contributed by atoms with Crippen LogP contribution < -0.4 is 10.1 Å². The molecule has 1 N–H and O–H groups in total. The van der Waals surface area contributed by atoms with Gasteiger partial charge in [0, 0.05) is 6.54 Å². The molecular formula is C18H29NO. The molecule has 0 radical (unpaired) electrons. The zero-order valence-electron chi connectivity index (χ0n) is 12.9. The molecule has 2 heteroatoms. The molecule has 1 aliphatic rings. The molecule has 0 heterocycles. The highest BCUT2D eigenvalue weighted by molar-refractivity contribution is 5.28. The molecule has 0 amide bonds. The summed E-state index contributed by atoms with van der Waals surface area (Å²) in [5.41, 5.74) is 1.32. The van der Waals surface area contributed by atoms with E-state index in [1.807, 2.05) is 6.07 Å². The maximum absolute atomic E-state index is 5.66. The van der Waals surface area contributed by atoms with Crippen molar-refractivity contribution < 1.29 is 4.74 Å². The van der Waals surface area contributed by atoms with Gasteiger partial charge in [-0.2, -0.15) is 0 Å². The molecule has 0 aliphatic heterocycles. The summed E-state index contributed by atoms with van der Waals surface area (Å²) in [6.07, 6.45) is 9.64.